The van der Waals surface area contributed by atoms with Gasteiger partial charge in [-0.25, -0.2) is 4.39 Å². The van der Waals surface area contributed by atoms with Gasteiger partial charge in [-0.3, -0.25) is 4.79 Å². The molecule has 0 fully saturated rings. The third kappa shape index (κ3) is 3.44. The first-order valence-corrected chi connectivity index (χ1v) is 6.25. The van der Waals surface area contributed by atoms with Gasteiger partial charge < -0.3 is 10.3 Å². The highest BCUT2D eigenvalue weighted by Gasteiger charge is 2.06. The molecule has 0 bridgehead atoms. The quantitative estimate of drug-likeness (QED) is 0.872. The van der Waals surface area contributed by atoms with Gasteiger partial charge in [-0.15, -0.1) is 0 Å². The lowest BCUT2D eigenvalue weighted by Crippen LogP contribution is -2.25. The van der Waals surface area contributed by atoms with E-state index in [-0.39, 0.29) is 11.7 Å². The minimum Gasteiger partial charge on any atom is -0.362 e. The molecule has 1 aromatic carbocycles. The first-order chi connectivity index (χ1) is 9.06. The highest BCUT2D eigenvalue weighted by molar-refractivity contribution is 5.94. The number of hydrogen-bond acceptors (Lipinski definition) is 1. The molecule has 1 heterocycles. The summed E-state index contributed by atoms with van der Waals surface area (Å²) in [4.78, 5) is 15.0. The SMILES string of the molecule is Cc1cc(CCNC(=O)c2ccc(F)cc2)c(C)[nH]1. The number of aromatic nitrogens is 1. The van der Waals surface area contributed by atoms with Crippen LogP contribution in [0.2, 0.25) is 0 Å². The molecule has 2 aromatic rings. The van der Waals surface area contributed by atoms with E-state index in [4.69, 9.17) is 0 Å². The summed E-state index contributed by atoms with van der Waals surface area (Å²) in [6.45, 7) is 4.59. The summed E-state index contributed by atoms with van der Waals surface area (Å²) in [6, 6.07) is 7.62. The van der Waals surface area contributed by atoms with Gasteiger partial charge in [-0.2, -0.15) is 0 Å². The van der Waals surface area contributed by atoms with E-state index in [0.717, 1.165) is 17.8 Å². The zero-order valence-electron chi connectivity index (χ0n) is 11.1. The number of halogens is 1. The molecule has 2 rings (SSSR count). The Balaban J connectivity index is 1.87. The largest absolute Gasteiger partial charge is 0.362 e. The van der Waals surface area contributed by atoms with Crippen molar-refractivity contribution in [2.75, 3.05) is 6.54 Å². The highest BCUT2D eigenvalue weighted by Crippen LogP contribution is 2.09. The second-order valence-corrected chi connectivity index (χ2v) is 4.62. The first kappa shape index (κ1) is 13.3. The number of carbonyl (C=O) groups excluding carboxylic acids is 1. The summed E-state index contributed by atoms with van der Waals surface area (Å²) in [5.41, 5.74) is 3.94. The van der Waals surface area contributed by atoms with E-state index in [0.29, 0.717) is 12.1 Å². The van der Waals surface area contributed by atoms with Crippen molar-refractivity contribution in [2.45, 2.75) is 20.3 Å². The number of aryl methyl sites for hydroxylation is 2. The zero-order valence-corrected chi connectivity index (χ0v) is 11.1. The number of H-pyrrole nitrogens is 1. The molecule has 0 saturated carbocycles. The first-order valence-electron chi connectivity index (χ1n) is 6.25. The van der Waals surface area contributed by atoms with Crippen LogP contribution in [0.5, 0.6) is 0 Å². The number of rotatable bonds is 4. The van der Waals surface area contributed by atoms with Gasteiger partial charge in [0.15, 0.2) is 0 Å². The number of aromatic amines is 1. The van der Waals surface area contributed by atoms with Crippen LogP contribution in [0.4, 0.5) is 4.39 Å². The van der Waals surface area contributed by atoms with Crippen LogP contribution in [-0.2, 0) is 6.42 Å². The topological polar surface area (TPSA) is 44.9 Å². The second-order valence-electron chi connectivity index (χ2n) is 4.62. The summed E-state index contributed by atoms with van der Waals surface area (Å²) in [7, 11) is 0. The molecule has 4 heteroatoms. The van der Waals surface area contributed by atoms with Crippen molar-refractivity contribution in [3.05, 3.63) is 58.7 Å². The summed E-state index contributed by atoms with van der Waals surface area (Å²) >= 11 is 0. The molecule has 19 heavy (non-hydrogen) atoms. The van der Waals surface area contributed by atoms with Gasteiger partial charge in [0.1, 0.15) is 5.82 Å². The zero-order chi connectivity index (χ0) is 13.8. The van der Waals surface area contributed by atoms with Gasteiger partial charge >= 0.3 is 0 Å². The molecule has 0 aliphatic carbocycles. The van der Waals surface area contributed by atoms with Crippen molar-refractivity contribution in [1.82, 2.24) is 10.3 Å². The molecule has 2 N–H and O–H groups in total. The van der Waals surface area contributed by atoms with Crippen LogP contribution >= 0.6 is 0 Å². The summed E-state index contributed by atoms with van der Waals surface area (Å²) in [5, 5.41) is 2.83. The molecule has 0 unspecified atom stereocenters. The Morgan fingerprint density at radius 2 is 1.95 bits per heavy atom. The molecule has 3 nitrogen and oxygen atoms in total. The fraction of sp³-hybridized carbons (Fsp3) is 0.267. The molecular formula is C15H17FN2O. The van der Waals surface area contributed by atoms with Gasteiger partial charge in [-0.1, -0.05) is 0 Å². The number of nitrogens with one attached hydrogen (secondary N) is 2. The lowest BCUT2D eigenvalue weighted by atomic mass is 10.1. The molecule has 0 aliphatic rings. The van der Waals surface area contributed by atoms with E-state index < -0.39 is 0 Å². The average molecular weight is 260 g/mol. The Kier molecular flexibility index (Phi) is 4.00. The van der Waals surface area contributed by atoms with Crippen LogP contribution < -0.4 is 5.32 Å². The number of carbonyl (C=O) groups is 1. The smallest absolute Gasteiger partial charge is 0.251 e. The van der Waals surface area contributed by atoms with E-state index in [9.17, 15) is 9.18 Å². The Labute approximate surface area is 111 Å². The van der Waals surface area contributed by atoms with E-state index >= 15 is 0 Å². The number of amides is 1. The minimum absolute atomic E-state index is 0.176. The molecule has 1 aromatic heterocycles. The highest BCUT2D eigenvalue weighted by atomic mass is 19.1. The molecule has 0 aliphatic heterocycles. The maximum absolute atomic E-state index is 12.7. The standard InChI is InChI=1S/C15H17FN2O/c1-10-9-13(11(2)18-10)7-8-17-15(19)12-3-5-14(16)6-4-12/h3-6,9,18H,7-8H2,1-2H3,(H,17,19). The number of hydrogen-bond donors (Lipinski definition) is 2. The lowest BCUT2D eigenvalue weighted by molar-refractivity contribution is 0.0954. The van der Waals surface area contributed by atoms with E-state index in [1.54, 1.807) is 0 Å². The van der Waals surface area contributed by atoms with Crippen molar-refractivity contribution in [1.29, 1.82) is 0 Å². The van der Waals surface area contributed by atoms with Crippen LogP contribution in [-0.4, -0.2) is 17.4 Å². The van der Waals surface area contributed by atoms with Gasteiger partial charge in [0.2, 0.25) is 0 Å². The van der Waals surface area contributed by atoms with Crippen molar-refractivity contribution < 1.29 is 9.18 Å². The van der Waals surface area contributed by atoms with Crippen LogP contribution in [0, 0.1) is 19.7 Å². The molecule has 100 valence electrons. The third-order valence-corrected chi connectivity index (χ3v) is 3.04. The van der Waals surface area contributed by atoms with Gasteiger partial charge in [0.25, 0.3) is 5.91 Å². The van der Waals surface area contributed by atoms with Gasteiger partial charge in [-0.05, 0) is 56.2 Å². The van der Waals surface area contributed by atoms with Crippen LogP contribution in [0.3, 0.4) is 0 Å². The normalized spacial score (nSPS) is 10.5. The summed E-state index contributed by atoms with van der Waals surface area (Å²) in [5.74, 6) is -0.514. The molecule has 1 amide bonds. The minimum atomic E-state index is -0.338. The summed E-state index contributed by atoms with van der Waals surface area (Å²) in [6.07, 6.45) is 0.781. The summed E-state index contributed by atoms with van der Waals surface area (Å²) < 4.78 is 12.7. The van der Waals surface area contributed by atoms with Gasteiger partial charge in [0, 0.05) is 23.5 Å². The molecule has 0 spiro atoms. The fourth-order valence-corrected chi connectivity index (χ4v) is 2.06. The van der Waals surface area contributed by atoms with Gasteiger partial charge in [0.05, 0.1) is 0 Å². The Bertz CT molecular complexity index is 572. The van der Waals surface area contributed by atoms with Crippen LogP contribution in [0.25, 0.3) is 0 Å². The predicted octanol–water partition coefficient (Wildman–Crippen LogP) is 2.74. The van der Waals surface area contributed by atoms with E-state index in [1.807, 2.05) is 13.8 Å². The maximum Gasteiger partial charge on any atom is 0.251 e. The molecule has 0 atom stereocenters. The molecule has 0 saturated heterocycles. The molecular weight excluding hydrogens is 243 g/mol. The Morgan fingerprint density at radius 1 is 1.26 bits per heavy atom. The second kappa shape index (κ2) is 5.69. The van der Waals surface area contributed by atoms with Crippen LogP contribution in [0.1, 0.15) is 27.3 Å². The van der Waals surface area contributed by atoms with E-state index in [1.165, 1.54) is 29.8 Å². The van der Waals surface area contributed by atoms with Crippen molar-refractivity contribution in [2.24, 2.45) is 0 Å². The fourth-order valence-electron chi connectivity index (χ4n) is 2.06. The third-order valence-electron chi connectivity index (χ3n) is 3.04. The van der Waals surface area contributed by atoms with Crippen LogP contribution in [0.15, 0.2) is 30.3 Å². The maximum atomic E-state index is 12.7. The number of benzene rings is 1. The molecule has 0 radical (unpaired) electrons. The average Bonchev–Trinajstić information content (AvgIpc) is 2.68. The Hall–Kier alpha value is -2.10. The lowest BCUT2D eigenvalue weighted by Gasteiger charge is -2.05. The van der Waals surface area contributed by atoms with Crippen molar-refractivity contribution >= 4 is 5.91 Å². The predicted molar refractivity (Wildman–Crippen MR) is 72.7 cm³/mol. The Morgan fingerprint density at radius 3 is 2.53 bits per heavy atom. The van der Waals surface area contributed by atoms with E-state index in [2.05, 4.69) is 16.4 Å². The monoisotopic (exact) mass is 260 g/mol. The van der Waals surface area contributed by atoms with Crippen molar-refractivity contribution in [3.63, 3.8) is 0 Å². The van der Waals surface area contributed by atoms with Crippen molar-refractivity contribution in [3.8, 4) is 0 Å².